The number of hydrogen-bond donors (Lipinski definition) is 1. The molecule has 17 heavy (non-hydrogen) atoms. The van der Waals surface area contributed by atoms with Crippen molar-refractivity contribution in [3.05, 3.63) is 48.6 Å². The fraction of sp³-hybridized carbons (Fsp3) is 0.357. The smallest absolute Gasteiger partial charge is 0.331 e. The first-order valence-corrected chi connectivity index (χ1v) is 5.75. The zero-order valence-electron chi connectivity index (χ0n) is 10.3. The van der Waals surface area contributed by atoms with E-state index in [9.17, 15) is 4.79 Å². The Morgan fingerprint density at radius 3 is 2.65 bits per heavy atom. The molecule has 0 aliphatic carbocycles. The second-order valence-electron chi connectivity index (χ2n) is 4.04. The first kappa shape index (κ1) is 13.5. The van der Waals surface area contributed by atoms with Gasteiger partial charge in [0.05, 0.1) is 0 Å². The zero-order valence-corrected chi connectivity index (χ0v) is 10.3. The van der Waals surface area contributed by atoms with Gasteiger partial charge in [0.2, 0.25) is 0 Å². The summed E-state index contributed by atoms with van der Waals surface area (Å²) >= 11 is 0. The summed E-state index contributed by atoms with van der Waals surface area (Å²) in [6, 6.07) is 10.4. The van der Waals surface area contributed by atoms with Gasteiger partial charge in [-0.15, -0.1) is 0 Å². The Kier molecular flexibility index (Phi) is 5.43. The number of benzene rings is 1. The van der Waals surface area contributed by atoms with E-state index in [-0.39, 0.29) is 12.3 Å². The molecule has 0 aromatic heterocycles. The number of rotatable bonds is 6. The van der Waals surface area contributed by atoms with E-state index in [4.69, 9.17) is 4.74 Å². The Balaban J connectivity index is 2.36. The van der Waals surface area contributed by atoms with Crippen molar-refractivity contribution in [2.45, 2.75) is 32.5 Å². The Hall–Kier alpha value is -1.61. The maximum atomic E-state index is 11.0. The van der Waals surface area contributed by atoms with Crippen LogP contribution in [0.25, 0.3) is 0 Å². The SMILES string of the molecule is C=CC(=O)OC(C)NC(C)Cc1ccccc1. The number of ether oxygens (including phenoxy) is 1. The molecule has 1 aromatic carbocycles. The van der Waals surface area contributed by atoms with Crippen molar-refractivity contribution in [2.24, 2.45) is 0 Å². The Morgan fingerprint density at radius 1 is 1.41 bits per heavy atom. The van der Waals surface area contributed by atoms with Gasteiger partial charge >= 0.3 is 5.97 Å². The lowest BCUT2D eigenvalue weighted by Crippen LogP contribution is -2.38. The van der Waals surface area contributed by atoms with Gasteiger partial charge in [-0.25, -0.2) is 4.79 Å². The van der Waals surface area contributed by atoms with Crippen molar-refractivity contribution in [1.82, 2.24) is 5.32 Å². The lowest BCUT2D eigenvalue weighted by atomic mass is 10.1. The van der Waals surface area contributed by atoms with Gasteiger partial charge in [-0.3, -0.25) is 5.32 Å². The summed E-state index contributed by atoms with van der Waals surface area (Å²) in [5.74, 6) is -0.406. The van der Waals surface area contributed by atoms with E-state index >= 15 is 0 Å². The number of esters is 1. The summed E-state index contributed by atoms with van der Waals surface area (Å²) in [5.41, 5.74) is 1.26. The Morgan fingerprint density at radius 2 is 2.06 bits per heavy atom. The van der Waals surface area contributed by atoms with Gasteiger partial charge in [0.15, 0.2) is 6.23 Å². The third-order valence-corrected chi connectivity index (χ3v) is 2.36. The number of nitrogens with one attached hydrogen (secondary N) is 1. The van der Waals surface area contributed by atoms with E-state index in [0.29, 0.717) is 0 Å². The molecule has 0 saturated heterocycles. The molecule has 1 N–H and O–H groups in total. The van der Waals surface area contributed by atoms with Gasteiger partial charge in [0, 0.05) is 12.1 Å². The van der Waals surface area contributed by atoms with Crippen LogP contribution in [0.3, 0.4) is 0 Å². The largest absolute Gasteiger partial charge is 0.444 e. The highest BCUT2D eigenvalue weighted by Gasteiger charge is 2.10. The van der Waals surface area contributed by atoms with Gasteiger partial charge < -0.3 is 4.74 Å². The van der Waals surface area contributed by atoms with E-state index in [1.807, 2.05) is 25.1 Å². The molecule has 3 heteroatoms. The summed E-state index contributed by atoms with van der Waals surface area (Å²) in [6.07, 6.45) is 1.76. The second kappa shape index (κ2) is 6.86. The van der Waals surface area contributed by atoms with Crippen LogP contribution in [0.4, 0.5) is 0 Å². The van der Waals surface area contributed by atoms with Gasteiger partial charge in [-0.1, -0.05) is 36.9 Å². The van der Waals surface area contributed by atoms with E-state index in [1.54, 1.807) is 0 Å². The molecule has 2 atom stereocenters. The topological polar surface area (TPSA) is 38.3 Å². The zero-order chi connectivity index (χ0) is 12.7. The highest BCUT2D eigenvalue weighted by Crippen LogP contribution is 2.03. The van der Waals surface area contributed by atoms with E-state index < -0.39 is 5.97 Å². The van der Waals surface area contributed by atoms with E-state index in [1.165, 1.54) is 11.6 Å². The molecule has 0 bridgehead atoms. The summed E-state index contributed by atoms with van der Waals surface area (Å²) in [7, 11) is 0. The van der Waals surface area contributed by atoms with Crippen molar-refractivity contribution >= 4 is 5.97 Å². The normalized spacial score (nSPS) is 13.8. The standard InChI is InChI=1S/C14H19NO2/c1-4-14(16)17-12(3)15-11(2)10-13-8-6-5-7-9-13/h4-9,11-12,15H,1,10H2,2-3H3. The molecule has 2 unspecified atom stereocenters. The minimum Gasteiger partial charge on any atom is -0.444 e. The fourth-order valence-electron chi connectivity index (χ4n) is 1.68. The highest BCUT2D eigenvalue weighted by atomic mass is 16.6. The number of carbonyl (C=O) groups excluding carboxylic acids is 1. The minimum absolute atomic E-state index is 0.241. The van der Waals surface area contributed by atoms with Crippen molar-refractivity contribution in [2.75, 3.05) is 0 Å². The number of hydrogen-bond acceptors (Lipinski definition) is 3. The molecule has 0 fully saturated rings. The first-order valence-electron chi connectivity index (χ1n) is 5.75. The average molecular weight is 233 g/mol. The molecule has 0 aliphatic heterocycles. The minimum atomic E-state index is -0.406. The molecule has 1 aromatic rings. The fourth-order valence-corrected chi connectivity index (χ4v) is 1.68. The lowest BCUT2D eigenvalue weighted by Gasteiger charge is -2.19. The number of carbonyl (C=O) groups is 1. The quantitative estimate of drug-likeness (QED) is 0.465. The van der Waals surface area contributed by atoms with Gasteiger partial charge in [0.25, 0.3) is 0 Å². The molecule has 0 spiro atoms. The van der Waals surface area contributed by atoms with Gasteiger partial charge in [-0.05, 0) is 25.8 Å². The van der Waals surface area contributed by atoms with Crippen LogP contribution in [-0.2, 0) is 16.0 Å². The highest BCUT2D eigenvalue weighted by molar-refractivity contribution is 5.81. The summed E-state index contributed by atoms with van der Waals surface area (Å²) in [4.78, 5) is 11.0. The van der Waals surface area contributed by atoms with Gasteiger partial charge in [0.1, 0.15) is 0 Å². The van der Waals surface area contributed by atoms with Crippen LogP contribution in [0.15, 0.2) is 43.0 Å². The summed E-state index contributed by atoms with van der Waals surface area (Å²) in [5, 5.41) is 3.20. The molecular weight excluding hydrogens is 214 g/mol. The predicted octanol–water partition coefficient (Wildman–Crippen LogP) is 2.28. The molecule has 0 amide bonds. The van der Waals surface area contributed by atoms with Crippen LogP contribution in [-0.4, -0.2) is 18.2 Å². The van der Waals surface area contributed by atoms with Crippen LogP contribution < -0.4 is 5.32 Å². The molecule has 1 rings (SSSR count). The Bertz CT molecular complexity index is 362. The monoisotopic (exact) mass is 233 g/mol. The third kappa shape index (κ3) is 5.31. The van der Waals surface area contributed by atoms with Crippen LogP contribution >= 0.6 is 0 Å². The predicted molar refractivity (Wildman–Crippen MR) is 68.5 cm³/mol. The third-order valence-electron chi connectivity index (χ3n) is 2.36. The van der Waals surface area contributed by atoms with Crippen LogP contribution in [0.2, 0.25) is 0 Å². The van der Waals surface area contributed by atoms with Gasteiger partial charge in [-0.2, -0.15) is 0 Å². The van der Waals surface area contributed by atoms with E-state index in [0.717, 1.165) is 6.42 Å². The average Bonchev–Trinajstić information content (AvgIpc) is 2.29. The molecule has 0 saturated carbocycles. The van der Waals surface area contributed by atoms with Crippen LogP contribution in [0.5, 0.6) is 0 Å². The summed E-state index contributed by atoms with van der Waals surface area (Å²) in [6.45, 7) is 7.23. The maximum Gasteiger partial charge on any atom is 0.331 e. The van der Waals surface area contributed by atoms with Crippen molar-refractivity contribution < 1.29 is 9.53 Å². The molecule has 0 radical (unpaired) electrons. The molecule has 92 valence electrons. The van der Waals surface area contributed by atoms with Crippen LogP contribution in [0.1, 0.15) is 19.4 Å². The Labute approximate surface area is 102 Å². The maximum absolute atomic E-state index is 11.0. The van der Waals surface area contributed by atoms with Crippen LogP contribution in [0, 0.1) is 0 Å². The van der Waals surface area contributed by atoms with Crippen molar-refractivity contribution in [3.63, 3.8) is 0 Å². The summed E-state index contributed by atoms with van der Waals surface area (Å²) < 4.78 is 5.04. The molecule has 0 heterocycles. The molecule has 0 aliphatic rings. The van der Waals surface area contributed by atoms with E-state index in [2.05, 4.69) is 31.0 Å². The van der Waals surface area contributed by atoms with Crippen molar-refractivity contribution in [1.29, 1.82) is 0 Å². The lowest BCUT2D eigenvalue weighted by molar-refractivity contribution is -0.143. The van der Waals surface area contributed by atoms with Crippen molar-refractivity contribution in [3.8, 4) is 0 Å². The second-order valence-corrected chi connectivity index (χ2v) is 4.04. The molecule has 3 nitrogen and oxygen atoms in total. The molecular formula is C14H19NO2. The first-order chi connectivity index (χ1) is 8.11.